The zero-order valence-electron chi connectivity index (χ0n) is 17.9. The fourth-order valence-electron chi connectivity index (χ4n) is 5.81. The molecular weight excluding hydrogens is 380 g/mol. The van der Waals surface area contributed by atoms with E-state index in [1.807, 2.05) is 30.1 Å². The summed E-state index contributed by atoms with van der Waals surface area (Å²) in [5.74, 6) is 2.25. The van der Waals surface area contributed by atoms with Crippen LogP contribution in [0.4, 0.5) is 0 Å². The highest BCUT2D eigenvalue weighted by Gasteiger charge is 2.39. The predicted molar refractivity (Wildman–Crippen MR) is 114 cm³/mol. The average molecular weight is 415 g/mol. The van der Waals surface area contributed by atoms with Crippen LogP contribution in [0, 0.1) is 11.8 Å². The summed E-state index contributed by atoms with van der Waals surface area (Å²) in [6.45, 7) is 5.13. The largest absolute Gasteiger partial charge is 0.486 e. The van der Waals surface area contributed by atoms with Crippen molar-refractivity contribution in [3.8, 4) is 11.5 Å². The number of benzene rings is 1. The topological polar surface area (TPSA) is 66.1 Å². The molecule has 3 saturated heterocycles. The summed E-state index contributed by atoms with van der Waals surface area (Å²) in [5, 5.41) is 0. The van der Waals surface area contributed by atoms with Crippen LogP contribution in [-0.4, -0.2) is 68.2 Å². The van der Waals surface area contributed by atoms with E-state index >= 15 is 0 Å². The maximum Gasteiger partial charge on any atom is 0.228 e. The number of hydrogen-bond acceptors (Lipinski definition) is 6. The Balaban J connectivity index is 1.26. The smallest absolute Gasteiger partial charge is 0.228 e. The Morgan fingerprint density at radius 1 is 1.13 bits per heavy atom. The second-order valence-electron chi connectivity index (χ2n) is 9.23. The molecule has 164 valence electrons. The van der Waals surface area contributed by atoms with Gasteiger partial charge in [0.2, 0.25) is 5.91 Å². The monoisotopic (exact) mass is 414 g/mol. The van der Waals surface area contributed by atoms with Gasteiger partial charge in [-0.25, -0.2) is 5.43 Å². The fourth-order valence-corrected chi connectivity index (χ4v) is 5.81. The number of ether oxygens (including phenoxy) is 2. The molecule has 4 atom stereocenters. The third kappa shape index (κ3) is 3.90. The third-order valence-electron chi connectivity index (χ3n) is 7.34. The van der Waals surface area contributed by atoms with Crippen LogP contribution in [0.1, 0.15) is 43.7 Å². The van der Waals surface area contributed by atoms with Gasteiger partial charge in [-0.15, -0.1) is 0 Å². The number of carbonyl (C=O) groups is 1. The van der Waals surface area contributed by atoms with E-state index in [4.69, 9.17) is 9.47 Å². The molecule has 1 aromatic rings. The molecule has 7 nitrogen and oxygen atoms in total. The Labute approximate surface area is 179 Å². The molecule has 0 spiro atoms. The van der Waals surface area contributed by atoms with Gasteiger partial charge in [0.1, 0.15) is 13.2 Å². The SMILES string of the molecule is CN(C[C@@H]1CCCN2CCCC[C@H]12)C(=O)C1CNNC1c1ccc2c(c1)OCCO2. The van der Waals surface area contributed by atoms with E-state index in [2.05, 4.69) is 15.8 Å². The van der Waals surface area contributed by atoms with E-state index in [9.17, 15) is 4.79 Å². The standard InChI is InChI=1S/C23H34N4O3/c1-26(15-17-5-4-10-27-9-3-2-6-19(17)27)23(28)18-14-24-25-22(18)16-7-8-20-21(13-16)30-12-11-29-20/h7-8,13,17-19,22,24-25H,2-6,9-12,14-15H2,1H3/t17-,18?,19+,22?/m0/s1. The lowest BCUT2D eigenvalue weighted by Crippen LogP contribution is -2.51. The lowest BCUT2D eigenvalue weighted by atomic mass is 9.83. The van der Waals surface area contributed by atoms with Crippen LogP contribution in [0.25, 0.3) is 0 Å². The Kier molecular flexibility index (Phi) is 5.85. The van der Waals surface area contributed by atoms with Gasteiger partial charge in [-0.05, 0) is 62.4 Å². The molecule has 4 heterocycles. The van der Waals surface area contributed by atoms with E-state index in [-0.39, 0.29) is 17.9 Å². The first-order valence-corrected chi connectivity index (χ1v) is 11.6. The second-order valence-corrected chi connectivity index (χ2v) is 9.23. The highest BCUT2D eigenvalue weighted by atomic mass is 16.6. The minimum Gasteiger partial charge on any atom is -0.486 e. The Hall–Kier alpha value is -1.83. The van der Waals surface area contributed by atoms with E-state index in [0.29, 0.717) is 31.7 Å². The van der Waals surface area contributed by atoms with Crippen molar-refractivity contribution in [2.24, 2.45) is 11.8 Å². The van der Waals surface area contributed by atoms with Crippen molar-refractivity contribution < 1.29 is 14.3 Å². The first-order valence-electron chi connectivity index (χ1n) is 11.6. The van der Waals surface area contributed by atoms with Crippen molar-refractivity contribution in [1.29, 1.82) is 0 Å². The van der Waals surface area contributed by atoms with Gasteiger partial charge in [0, 0.05) is 26.2 Å². The van der Waals surface area contributed by atoms with Gasteiger partial charge in [-0.2, -0.15) is 0 Å². The molecule has 0 radical (unpaired) electrons. The van der Waals surface area contributed by atoms with Gasteiger partial charge in [-0.3, -0.25) is 10.2 Å². The summed E-state index contributed by atoms with van der Waals surface area (Å²) in [6.07, 6.45) is 6.45. The molecule has 0 saturated carbocycles. The van der Waals surface area contributed by atoms with E-state index in [1.165, 1.54) is 45.2 Å². The summed E-state index contributed by atoms with van der Waals surface area (Å²) in [4.78, 5) is 18.1. The maximum atomic E-state index is 13.4. The number of carbonyl (C=O) groups excluding carboxylic acids is 1. The van der Waals surface area contributed by atoms with Crippen LogP contribution < -0.4 is 20.3 Å². The van der Waals surface area contributed by atoms with Crippen LogP contribution in [0.15, 0.2) is 18.2 Å². The lowest BCUT2D eigenvalue weighted by molar-refractivity contribution is -0.135. The minimum absolute atomic E-state index is 0.0617. The number of hydrogen-bond donors (Lipinski definition) is 2. The Morgan fingerprint density at radius 2 is 1.97 bits per heavy atom. The number of nitrogens with one attached hydrogen (secondary N) is 2. The number of fused-ring (bicyclic) bond motifs is 2. The van der Waals surface area contributed by atoms with Gasteiger partial charge >= 0.3 is 0 Å². The van der Waals surface area contributed by atoms with Gasteiger partial charge in [0.15, 0.2) is 11.5 Å². The highest BCUT2D eigenvalue weighted by molar-refractivity contribution is 5.80. The van der Waals surface area contributed by atoms with Gasteiger partial charge in [0.05, 0.1) is 12.0 Å². The van der Waals surface area contributed by atoms with Gasteiger partial charge in [0.25, 0.3) is 0 Å². The maximum absolute atomic E-state index is 13.4. The average Bonchev–Trinajstić information content (AvgIpc) is 3.28. The predicted octanol–water partition coefficient (Wildman–Crippen LogP) is 1.95. The normalized spacial score (nSPS) is 31.2. The number of nitrogens with zero attached hydrogens (tertiary/aromatic N) is 2. The summed E-state index contributed by atoms with van der Waals surface area (Å²) < 4.78 is 11.4. The zero-order chi connectivity index (χ0) is 20.5. The summed E-state index contributed by atoms with van der Waals surface area (Å²) in [6, 6.07) is 6.61. The van der Waals surface area contributed by atoms with E-state index in [1.54, 1.807) is 0 Å². The number of amides is 1. The quantitative estimate of drug-likeness (QED) is 0.785. The van der Waals surface area contributed by atoms with Crippen LogP contribution in [0.2, 0.25) is 0 Å². The van der Waals surface area contributed by atoms with Gasteiger partial charge < -0.3 is 19.3 Å². The highest BCUT2D eigenvalue weighted by Crippen LogP contribution is 2.36. The molecule has 4 aliphatic rings. The number of rotatable bonds is 4. The fraction of sp³-hybridized carbons (Fsp3) is 0.696. The molecule has 2 unspecified atom stereocenters. The molecule has 1 aromatic carbocycles. The number of piperidine rings is 2. The van der Waals surface area contributed by atoms with Crippen molar-refractivity contribution in [1.82, 2.24) is 20.7 Å². The molecule has 7 heteroatoms. The van der Waals surface area contributed by atoms with Crippen LogP contribution >= 0.6 is 0 Å². The van der Waals surface area contributed by atoms with Crippen molar-refractivity contribution in [3.63, 3.8) is 0 Å². The second kappa shape index (κ2) is 8.73. The van der Waals surface area contributed by atoms with E-state index in [0.717, 1.165) is 23.6 Å². The first-order chi connectivity index (χ1) is 14.7. The number of hydrazine groups is 1. The molecule has 2 N–H and O–H groups in total. The molecule has 0 aromatic heterocycles. The van der Waals surface area contributed by atoms with Crippen LogP contribution in [-0.2, 0) is 4.79 Å². The van der Waals surface area contributed by atoms with Crippen LogP contribution in [0.3, 0.4) is 0 Å². The molecule has 4 aliphatic heterocycles. The van der Waals surface area contributed by atoms with Crippen molar-refractivity contribution in [2.75, 3.05) is 46.4 Å². The molecule has 1 amide bonds. The summed E-state index contributed by atoms with van der Waals surface area (Å²) in [5.41, 5.74) is 7.58. The van der Waals surface area contributed by atoms with Gasteiger partial charge in [-0.1, -0.05) is 12.5 Å². The Morgan fingerprint density at radius 3 is 2.87 bits per heavy atom. The molecule has 30 heavy (non-hydrogen) atoms. The Bertz CT molecular complexity index is 771. The first kappa shape index (κ1) is 20.1. The molecule has 0 aliphatic carbocycles. The van der Waals surface area contributed by atoms with Crippen molar-refractivity contribution in [2.45, 2.75) is 44.2 Å². The van der Waals surface area contributed by atoms with Crippen molar-refractivity contribution in [3.05, 3.63) is 23.8 Å². The van der Waals surface area contributed by atoms with Crippen LogP contribution in [0.5, 0.6) is 11.5 Å². The van der Waals surface area contributed by atoms with Crippen molar-refractivity contribution >= 4 is 5.91 Å². The summed E-state index contributed by atoms with van der Waals surface area (Å²) in [7, 11) is 1.99. The third-order valence-corrected chi connectivity index (χ3v) is 7.34. The molecule has 3 fully saturated rings. The zero-order valence-corrected chi connectivity index (χ0v) is 17.9. The molecule has 5 rings (SSSR count). The minimum atomic E-state index is -0.122. The lowest BCUT2D eigenvalue weighted by Gasteiger charge is -2.45. The summed E-state index contributed by atoms with van der Waals surface area (Å²) >= 11 is 0. The molecular formula is C23H34N4O3. The van der Waals surface area contributed by atoms with E-state index < -0.39 is 0 Å². The molecule has 0 bridgehead atoms.